The number of aryl methyl sites for hydroxylation is 1. The summed E-state index contributed by atoms with van der Waals surface area (Å²) < 4.78 is 17.1. The highest BCUT2D eigenvalue weighted by Crippen LogP contribution is 2.27. The summed E-state index contributed by atoms with van der Waals surface area (Å²) in [5, 5.41) is 3.54. The summed E-state index contributed by atoms with van der Waals surface area (Å²) >= 11 is 7.66. The van der Waals surface area contributed by atoms with Gasteiger partial charge in [0.2, 0.25) is 0 Å². The van der Waals surface area contributed by atoms with E-state index in [4.69, 9.17) is 25.8 Å². The number of hydrogen-bond donors (Lipinski definition) is 0. The highest BCUT2D eigenvalue weighted by atomic mass is 35.5. The number of amides is 2. The summed E-state index contributed by atoms with van der Waals surface area (Å²) in [6.45, 7) is 4.65. The van der Waals surface area contributed by atoms with Crippen molar-refractivity contribution in [2.75, 3.05) is 13.2 Å². The Bertz CT molecular complexity index is 1510. The van der Waals surface area contributed by atoms with Gasteiger partial charge >= 0.3 is 6.09 Å². The zero-order valence-corrected chi connectivity index (χ0v) is 24.5. The van der Waals surface area contributed by atoms with Crippen molar-refractivity contribution in [1.29, 1.82) is 0 Å². The van der Waals surface area contributed by atoms with Crippen LogP contribution >= 0.6 is 22.9 Å². The van der Waals surface area contributed by atoms with Gasteiger partial charge in [-0.1, -0.05) is 60.1 Å². The van der Waals surface area contributed by atoms with Crippen LogP contribution in [-0.4, -0.2) is 47.2 Å². The molecular formula is C32H31ClN2O5S. The van der Waals surface area contributed by atoms with Crippen LogP contribution in [-0.2, 0) is 33.7 Å². The topological polar surface area (TPSA) is 78.0 Å². The lowest BCUT2D eigenvalue weighted by atomic mass is 10.0. The molecule has 9 heteroatoms. The van der Waals surface area contributed by atoms with Crippen LogP contribution in [0.5, 0.6) is 5.75 Å². The number of hydrogen-bond acceptors (Lipinski definition) is 7. The van der Waals surface area contributed by atoms with Gasteiger partial charge < -0.3 is 14.2 Å². The summed E-state index contributed by atoms with van der Waals surface area (Å²) in [5.74, 6) is 0.322. The number of halogens is 1. The SMILES string of the molecule is CCOC(Cc1ccc(OCc2csc(-c3cccc(Cl)c3)n2)cc1C)C(=O)N1C(=O)OCC1Cc1ccccc1. The molecule has 5 rings (SSSR count). The van der Waals surface area contributed by atoms with Crippen molar-refractivity contribution in [3.63, 3.8) is 0 Å². The van der Waals surface area contributed by atoms with Gasteiger partial charge in [-0.05, 0) is 61.2 Å². The molecule has 1 fully saturated rings. The van der Waals surface area contributed by atoms with E-state index in [0.29, 0.717) is 36.8 Å². The van der Waals surface area contributed by atoms with Crippen LogP contribution in [0.4, 0.5) is 4.79 Å². The third kappa shape index (κ3) is 7.14. The van der Waals surface area contributed by atoms with Crippen molar-refractivity contribution in [1.82, 2.24) is 9.88 Å². The second-order valence-electron chi connectivity index (χ2n) is 9.81. The molecule has 7 nitrogen and oxygen atoms in total. The fourth-order valence-corrected chi connectivity index (χ4v) is 5.80. The van der Waals surface area contributed by atoms with E-state index in [-0.39, 0.29) is 18.6 Å². The summed E-state index contributed by atoms with van der Waals surface area (Å²) in [5.41, 5.74) is 4.74. The van der Waals surface area contributed by atoms with Crippen LogP contribution in [0.2, 0.25) is 5.02 Å². The van der Waals surface area contributed by atoms with Gasteiger partial charge in [0.15, 0.2) is 0 Å². The molecule has 2 heterocycles. The number of carbonyl (C=O) groups excluding carboxylic acids is 2. The molecule has 1 saturated heterocycles. The lowest BCUT2D eigenvalue weighted by Crippen LogP contribution is -2.47. The summed E-state index contributed by atoms with van der Waals surface area (Å²) in [6.07, 6.45) is -0.576. The molecule has 41 heavy (non-hydrogen) atoms. The first-order valence-corrected chi connectivity index (χ1v) is 14.7. The van der Waals surface area contributed by atoms with Gasteiger partial charge in [0, 0.05) is 29.0 Å². The Morgan fingerprint density at radius 3 is 2.73 bits per heavy atom. The Labute approximate surface area is 248 Å². The van der Waals surface area contributed by atoms with Crippen molar-refractivity contribution >= 4 is 34.9 Å². The first-order chi connectivity index (χ1) is 19.9. The number of aromatic nitrogens is 1. The molecule has 4 aromatic rings. The summed E-state index contributed by atoms with van der Waals surface area (Å²) in [7, 11) is 0. The van der Waals surface area contributed by atoms with E-state index in [2.05, 4.69) is 4.98 Å². The Hall–Kier alpha value is -3.72. The standard InChI is InChI=1S/C32H31ClN2O5S/c1-3-38-29(31(36)35-27(19-40-32(35)37)15-22-8-5-4-6-9-22)17-23-12-13-28(14-21(23)2)39-18-26-20-41-30(34-26)24-10-7-11-25(33)16-24/h4-14,16,20,27,29H,3,15,17-19H2,1-2H3. The summed E-state index contributed by atoms with van der Waals surface area (Å²) in [6, 6.07) is 22.8. The molecule has 0 N–H and O–H groups in total. The molecule has 1 aliphatic rings. The number of carbonyl (C=O) groups is 2. The molecule has 2 unspecified atom stereocenters. The van der Waals surface area contributed by atoms with Gasteiger partial charge in [-0.15, -0.1) is 11.3 Å². The largest absolute Gasteiger partial charge is 0.487 e. The Morgan fingerprint density at radius 2 is 1.98 bits per heavy atom. The number of benzene rings is 3. The Balaban J connectivity index is 1.23. The number of cyclic esters (lactones) is 1. The minimum atomic E-state index is -0.811. The van der Waals surface area contributed by atoms with Crippen molar-refractivity contribution < 1.29 is 23.8 Å². The van der Waals surface area contributed by atoms with Crippen LogP contribution in [0, 0.1) is 6.92 Å². The third-order valence-electron chi connectivity index (χ3n) is 6.89. The van der Waals surface area contributed by atoms with Crippen molar-refractivity contribution in [2.45, 2.75) is 45.4 Å². The Kier molecular flexibility index (Phi) is 9.34. The maximum Gasteiger partial charge on any atom is 0.417 e. The van der Waals surface area contributed by atoms with Crippen LogP contribution in [0.1, 0.15) is 29.3 Å². The second-order valence-corrected chi connectivity index (χ2v) is 11.1. The van der Waals surface area contributed by atoms with Gasteiger partial charge in [-0.3, -0.25) is 4.79 Å². The Morgan fingerprint density at radius 1 is 1.15 bits per heavy atom. The van der Waals surface area contributed by atoms with Crippen LogP contribution in [0.3, 0.4) is 0 Å². The molecule has 3 aromatic carbocycles. The van der Waals surface area contributed by atoms with Gasteiger partial charge in [0.1, 0.15) is 30.1 Å². The number of nitrogens with zero attached hydrogens (tertiary/aromatic N) is 2. The zero-order valence-electron chi connectivity index (χ0n) is 22.9. The number of ether oxygens (including phenoxy) is 3. The molecular weight excluding hydrogens is 560 g/mol. The fourth-order valence-electron chi connectivity index (χ4n) is 4.81. The number of imide groups is 1. The number of thiazole rings is 1. The van der Waals surface area contributed by atoms with Gasteiger partial charge in [0.05, 0.1) is 11.7 Å². The van der Waals surface area contributed by atoms with E-state index in [1.54, 1.807) is 11.3 Å². The number of rotatable bonds is 11. The summed E-state index contributed by atoms with van der Waals surface area (Å²) in [4.78, 5) is 32.0. The molecule has 0 saturated carbocycles. The quantitative estimate of drug-likeness (QED) is 0.189. The fraction of sp³-hybridized carbons (Fsp3) is 0.281. The van der Waals surface area contributed by atoms with Crippen molar-refractivity contribution in [3.8, 4) is 16.3 Å². The maximum absolute atomic E-state index is 13.6. The molecule has 0 spiro atoms. The molecule has 0 aliphatic carbocycles. The predicted molar refractivity (Wildman–Crippen MR) is 159 cm³/mol. The highest BCUT2D eigenvalue weighted by molar-refractivity contribution is 7.13. The normalized spacial score (nSPS) is 15.5. The first kappa shape index (κ1) is 28.8. The molecule has 212 valence electrons. The van der Waals surface area contributed by atoms with Gasteiger partial charge in [0.25, 0.3) is 5.91 Å². The van der Waals surface area contributed by atoms with Crippen molar-refractivity contribution in [2.24, 2.45) is 0 Å². The highest BCUT2D eigenvalue weighted by Gasteiger charge is 2.41. The average Bonchev–Trinajstić information content (AvgIpc) is 3.59. The molecule has 2 amide bonds. The van der Waals surface area contributed by atoms with E-state index < -0.39 is 12.2 Å². The predicted octanol–water partition coefficient (Wildman–Crippen LogP) is 6.89. The van der Waals surface area contributed by atoms with Crippen molar-refractivity contribution in [3.05, 3.63) is 106 Å². The van der Waals surface area contributed by atoms with E-state index in [9.17, 15) is 9.59 Å². The molecule has 0 radical (unpaired) electrons. The molecule has 0 bridgehead atoms. The van der Waals surface area contributed by atoms with E-state index in [1.165, 1.54) is 4.90 Å². The molecule has 2 atom stereocenters. The zero-order chi connectivity index (χ0) is 28.8. The monoisotopic (exact) mass is 590 g/mol. The maximum atomic E-state index is 13.6. The lowest BCUT2D eigenvalue weighted by Gasteiger charge is -2.25. The first-order valence-electron chi connectivity index (χ1n) is 13.5. The minimum Gasteiger partial charge on any atom is -0.487 e. The van der Waals surface area contributed by atoms with Crippen LogP contribution in [0.25, 0.3) is 10.6 Å². The molecule has 1 aliphatic heterocycles. The van der Waals surface area contributed by atoms with Crippen LogP contribution in [0.15, 0.2) is 78.2 Å². The van der Waals surface area contributed by atoms with E-state index in [1.807, 2.05) is 92.0 Å². The van der Waals surface area contributed by atoms with E-state index in [0.717, 1.165) is 33.0 Å². The van der Waals surface area contributed by atoms with Crippen LogP contribution < -0.4 is 4.74 Å². The third-order valence-corrected chi connectivity index (χ3v) is 8.06. The average molecular weight is 591 g/mol. The minimum absolute atomic E-state index is 0.170. The smallest absolute Gasteiger partial charge is 0.417 e. The lowest BCUT2D eigenvalue weighted by molar-refractivity contribution is -0.141. The second kappa shape index (κ2) is 13.3. The van der Waals surface area contributed by atoms with Gasteiger partial charge in [-0.2, -0.15) is 0 Å². The van der Waals surface area contributed by atoms with E-state index >= 15 is 0 Å². The van der Waals surface area contributed by atoms with Gasteiger partial charge in [-0.25, -0.2) is 14.7 Å². The molecule has 1 aromatic heterocycles.